The summed E-state index contributed by atoms with van der Waals surface area (Å²) < 4.78 is 30.2. The lowest BCUT2D eigenvalue weighted by Gasteiger charge is -1.95. The Morgan fingerprint density at radius 1 is 1.46 bits per heavy atom. The predicted octanol–water partition coefficient (Wildman–Crippen LogP) is 2.65. The lowest BCUT2D eigenvalue weighted by Crippen LogP contribution is -1.93. The molecule has 0 aromatic carbocycles. The van der Waals surface area contributed by atoms with Gasteiger partial charge >= 0.3 is 10.1 Å². The number of rotatable bonds is 3. The summed E-state index contributed by atoms with van der Waals surface area (Å²) in [5.41, 5.74) is 0. The number of hydrogen-bond donors (Lipinski definition) is 1. The van der Waals surface area contributed by atoms with E-state index in [4.69, 9.17) is 4.55 Å². The van der Waals surface area contributed by atoms with E-state index in [9.17, 15) is 8.42 Å². The first-order valence-electron chi connectivity index (χ1n) is 3.24. The van der Waals surface area contributed by atoms with Crippen molar-refractivity contribution in [2.75, 3.05) is 0 Å². The van der Waals surface area contributed by atoms with Gasteiger partial charge in [-0.15, -0.1) is 11.3 Å². The van der Waals surface area contributed by atoms with Crippen LogP contribution < -0.4 is 0 Å². The van der Waals surface area contributed by atoms with Crippen LogP contribution in [-0.4, -0.2) is 16.7 Å². The minimum absolute atomic E-state index is 0.0110. The monoisotopic (exact) mass is 348 g/mol. The van der Waals surface area contributed by atoms with E-state index in [0.717, 1.165) is 16.2 Å². The summed E-state index contributed by atoms with van der Waals surface area (Å²) in [6.45, 7) is 0. The SMILES string of the molecule is O=S(=O)(O)c1ccc(CC(Br)Br)s1. The molecule has 0 spiro atoms. The quantitative estimate of drug-likeness (QED) is 0.674. The average molecular weight is 350 g/mol. The molecule has 1 aromatic rings. The largest absolute Gasteiger partial charge is 0.304 e. The maximum Gasteiger partial charge on any atom is 0.304 e. The van der Waals surface area contributed by atoms with Crippen LogP contribution in [0.15, 0.2) is 16.3 Å². The highest BCUT2D eigenvalue weighted by Crippen LogP contribution is 2.25. The molecule has 0 saturated heterocycles. The van der Waals surface area contributed by atoms with Gasteiger partial charge in [0.15, 0.2) is 0 Å². The Balaban J connectivity index is 2.88. The number of alkyl halides is 2. The summed E-state index contributed by atoms with van der Waals surface area (Å²) in [6.07, 6.45) is 0.681. The molecule has 0 amide bonds. The molecule has 0 aliphatic heterocycles. The van der Waals surface area contributed by atoms with Gasteiger partial charge in [-0.25, -0.2) is 0 Å². The first kappa shape index (κ1) is 11.6. The molecule has 13 heavy (non-hydrogen) atoms. The molecule has 1 rings (SSSR count). The Labute approximate surface area is 97.2 Å². The maximum atomic E-state index is 10.7. The fourth-order valence-electron chi connectivity index (χ4n) is 0.759. The Kier molecular flexibility index (Phi) is 3.94. The molecule has 7 heteroatoms. The second-order valence-corrected chi connectivity index (χ2v) is 8.55. The van der Waals surface area contributed by atoms with Crippen molar-refractivity contribution in [1.29, 1.82) is 0 Å². The zero-order valence-electron chi connectivity index (χ0n) is 6.28. The van der Waals surface area contributed by atoms with Gasteiger partial charge in [-0.05, 0) is 12.1 Å². The highest BCUT2D eigenvalue weighted by molar-refractivity contribution is 9.24. The van der Waals surface area contributed by atoms with Gasteiger partial charge in [0.2, 0.25) is 0 Å². The fraction of sp³-hybridized carbons (Fsp3) is 0.333. The van der Waals surface area contributed by atoms with Crippen molar-refractivity contribution >= 4 is 53.3 Å². The van der Waals surface area contributed by atoms with E-state index in [1.54, 1.807) is 6.07 Å². The topological polar surface area (TPSA) is 54.4 Å². The third-order valence-corrected chi connectivity index (χ3v) is 4.32. The van der Waals surface area contributed by atoms with Crippen molar-refractivity contribution in [2.45, 2.75) is 14.4 Å². The minimum Gasteiger partial charge on any atom is -0.281 e. The van der Waals surface area contributed by atoms with Crippen molar-refractivity contribution in [3.05, 3.63) is 17.0 Å². The first-order chi connectivity index (χ1) is 5.89. The van der Waals surface area contributed by atoms with Crippen LogP contribution in [0.5, 0.6) is 0 Å². The fourth-order valence-corrected chi connectivity index (χ4v) is 3.65. The molecular formula is C6H6Br2O3S2. The molecule has 0 aliphatic carbocycles. The molecule has 0 atom stereocenters. The van der Waals surface area contributed by atoms with E-state index in [0.29, 0.717) is 6.42 Å². The van der Waals surface area contributed by atoms with Crippen LogP contribution >= 0.6 is 43.2 Å². The van der Waals surface area contributed by atoms with Crippen molar-refractivity contribution in [1.82, 2.24) is 0 Å². The summed E-state index contributed by atoms with van der Waals surface area (Å²) in [6, 6.07) is 3.08. The van der Waals surface area contributed by atoms with Gasteiger partial charge in [-0.3, -0.25) is 4.55 Å². The number of hydrogen-bond acceptors (Lipinski definition) is 3. The number of thiophene rings is 1. The Morgan fingerprint density at radius 2 is 2.08 bits per heavy atom. The number of halogens is 2. The van der Waals surface area contributed by atoms with E-state index < -0.39 is 10.1 Å². The van der Waals surface area contributed by atoms with Crippen LogP contribution in [-0.2, 0) is 16.5 Å². The molecule has 0 radical (unpaired) electrons. The van der Waals surface area contributed by atoms with Crippen LogP contribution in [0.25, 0.3) is 0 Å². The van der Waals surface area contributed by atoms with Crippen molar-refractivity contribution in [3.63, 3.8) is 0 Å². The third-order valence-electron chi connectivity index (χ3n) is 1.25. The molecule has 0 unspecified atom stereocenters. The molecule has 3 nitrogen and oxygen atoms in total. The van der Waals surface area contributed by atoms with Crippen LogP contribution in [0.3, 0.4) is 0 Å². The van der Waals surface area contributed by atoms with Crippen LogP contribution in [0.4, 0.5) is 0 Å². The van der Waals surface area contributed by atoms with Gasteiger partial charge in [0.1, 0.15) is 4.21 Å². The van der Waals surface area contributed by atoms with Gasteiger partial charge in [0, 0.05) is 11.3 Å². The van der Waals surface area contributed by atoms with E-state index in [2.05, 4.69) is 31.9 Å². The van der Waals surface area contributed by atoms with Gasteiger partial charge in [0.05, 0.1) is 3.74 Å². The molecule has 0 fully saturated rings. The Hall–Kier alpha value is 0.570. The molecule has 1 heterocycles. The van der Waals surface area contributed by atoms with Gasteiger partial charge in [-0.2, -0.15) is 8.42 Å². The van der Waals surface area contributed by atoms with Gasteiger partial charge in [-0.1, -0.05) is 31.9 Å². The molecule has 74 valence electrons. The lowest BCUT2D eigenvalue weighted by atomic mass is 10.4. The molecular weight excluding hydrogens is 344 g/mol. The van der Waals surface area contributed by atoms with E-state index in [1.807, 2.05) is 0 Å². The summed E-state index contributed by atoms with van der Waals surface area (Å²) in [4.78, 5) is 0.895. The second kappa shape index (κ2) is 4.39. The molecule has 1 aromatic heterocycles. The predicted molar refractivity (Wildman–Crippen MR) is 59.5 cm³/mol. The smallest absolute Gasteiger partial charge is 0.281 e. The molecule has 0 saturated carbocycles. The van der Waals surface area contributed by atoms with Crippen LogP contribution in [0.2, 0.25) is 0 Å². The third kappa shape index (κ3) is 3.67. The van der Waals surface area contributed by atoms with Gasteiger partial charge < -0.3 is 0 Å². The molecule has 0 bridgehead atoms. The summed E-state index contributed by atoms with van der Waals surface area (Å²) in [5, 5.41) is 0. The van der Waals surface area contributed by atoms with Gasteiger partial charge in [0.25, 0.3) is 0 Å². The van der Waals surface area contributed by atoms with Crippen molar-refractivity contribution in [2.24, 2.45) is 0 Å². The van der Waals surface area contributed by atoms with Crippen molar-refractivity contribution in [3.8, 4) is 0 Å². The molecule has 1 N–H and O–H groups in total. The van der Waals surface area contributed by atoms with Crippen LogP contribution in [0, 0.1) is 0 Å². The zero-order valence-corrected chi connectivity index (χ0v) is 11.1. The highest BCUT2D eigenvalue weighted by Gasteiger charge is 2.13. The van der Waals surface area contributed by atoms with E-state index >= 15 is 0 Å². The standard InChI is InChI=1S/C6H6Br2O3S2/c7-5(8)3-4-1-2-6(12-4)13(9,10)11/h1-2,5H,3H2,(H,9,10,11). The van der Waals surface area contributed by atoms with E-state index in [-0.39, 0.29) is 7.95 Å². The Morgan fingerprint density at radius 3 is 2.46 bits per heavy atom. The minimum atomic E-state index is -4.03. The maximum absolute atomic E-state index is 10.7. The average Bonchev–Trinajstić information content (AvgIpc) is 2.32. The summed E-state index contributed by atoms with van der Waals surface area (Å²) >= 11 is 7.63. The summed E-state index contributed by atoms with van der Waals surface area (Å²) in [7, 11) is -4.03. The van der Waals surface area contributed by atoms with E-state index in [1.165, 1.54) is 6.07 Å². The normalized spacial score (nSPS) is 12.3. The lowest BCUT2D eigenvalue weighted by molar-refractivity contribution is 0.485. The second-order valence-electron chi connectivity index (χ2n) is 2.29. The first-order valence-corrected chi connectivity index (χ1v) is 7.33. The zero-order chi connectivity index (χ0) is 10.1. The Bertz CT molecular complexity index is 382. The van der Waals surface area contributed by atoms with Crippen molar-refractivity contribution < 1.29 is 13.0 Å². The highest BCUT2D eigenvalue weighted by atomic mass is 79.9. The van der Waals surface area contributed by atoms with Crippen LogP contribution in [0.1, 0.15) is 4.88 Å². The molecule has 0 aliphatic rings. The summed E-state index contributed by atoms with van der Waals surface area (Å²) in [5.74, 6) is 0.